The summed E-state index contributed by atoms with van der Waals surface area (Å²) in [5, 5.41) is 3.90. The smallest absolute Gasteiger partial charge is 0.255 e. The second kappa shape index (κ2) is 11.5. The Balaban J connectivity index is 1.81. The van der Waals surface area contributed by atoms with Crippen molar-refractivity contribution < 1.29 is 13.9 Å². The molecule has 0 unspecified atom stereocenters. The number of hydrogen-bond donors (Lipinski definition) is 3. The number of hydrogen-bond acceptors (Lipinski definition) is 5. The molecule has 4 rings (SSSR count). The van der Waals surface area contributed by atoms with Crippen molar-refractivity contribution in [2.24, 2.45) is 5.73 Å². The largest absolute Gasteiger partial charge is 0.496 e. The van der Waals surface area contributed by atoms with E-state index in [1.165, 1.54) is 17.2 Å². The number of amides is 1. The quantitative estimate of drug-likeness (QED) is 0.249. The Bertz CT molecular complexity index is 1550. The molecule has 8 heteroatoms. The predicted octanol–water partition coefficient (Wildman–Crippen LogP) is 5.74. The zero-order valence-electron chi connectivity index (χ0n) is 21.6. The van der Waals surface area contributed by atoms with Gasteiger partial charge in [-0.3, -0.25) is 4.79 Å². The number of fused-ring (bicyclic) bond motifs is 1. The summed E-state index contributed by atoms with van der Waals surface area (Å²) < 4.78 is 21.1. The van der Waals surface area contributed by atoms with Crippen LogP contribution in [-0.4, -0.2) is 48.5 Å². The average Bonchev–Trinajstić information content (AvgIpc) is 3.34. The monoisotopic (exact) mass is 511 g/mol. The lowest BCUT2D eigenvalue weighted by Gasteiger charge is -2.18. The second-order valence-electron chi connectivity index (χ2n) is 8.79. The number of nitrogens with two attached hydrogens (primary N) is 1. The SMILES string of the molecule is C=C/C=C(\C=C/N)CNc1c(F)cc(-c2cnc3[nH]cc(-c4ccccc4OC)c3c2)cc1C(=O)N(C)C. The van der Waals surface area contributed by atoms with Crippen molar-refractivity contribution in [3.8, 4) is 28.0 Å². The van der Waals surface area contributed by atoms with E-state index in [1.54, 1.807) is 51.7 Å². The third-order valence-electron chi connectivity index (χ3n) is 6.10. The van der Waals surface area contributed by atoms with Crippen LogP contribution in [0.2, 0.25) is 0 Å². The summed E-state index contributed by atoms with van der Waals surface area (Å²) in [6.07, 6.45) is 9.99. The average molecular weight is 512 g/mol. The number of aromatic amines is 1. The Labute approximate surface area is 221 Å². The summed E-state index contributed by atoms with van der Waals surface area (Å²) in [7, 11) is 4.88. The maximum atomic E-state index is 15.6. The van der Waals surface area contributed by atoms with Crippen molar-refractivity contribution in [2.75, 3.05) is 33.1 Å². The topological polar surface area (TPSA) is 96.3 Å². The summed E-state index contributed by atoms with van der Waals surface area (Å²) in [4.78, 5) is 22.3. The van der Waals surface area contributed by atoms with E-state index in [0.717, 1.165) is 27.8 Å². The zero-order valence-corrected chi connectivity index (χ0v) is 21.6. The van der Waals surface area contributed by atoms with E-state index in [4.69, 9.17) is 10.5 Å². The summed E-state index contributed by atoms with van der Waals surface area (Å²) in [6.45, 7) is 3.95. The van der Waals surface area contributed by atoms with Crippen molar-refractivity contribution in [2.45, 2.75) is 0 Å². The van der Waals surface area contributed by atoms with Gasteiger partial charge in [-0.15, -0.1) is 0 Å². The number of carbonyl (C=O) groups is 1. The molecule has 2 heterocycles. The first-order valence-electron chi connectivity index (χ1n) is 12.0. The highest BCUT2D eigenvalue weighted by molar-refractivity contribution is 6.02. The van der Waals surface area contributed by atoms with Crippen LogP contribution in [0.15, 0.2) is 91.4 Å². The molecule has 0 fully saturated rings. The molecule has 0 bridgehead atoms. The molecule has 0 aliphatic rings. The van der Waals surface area contributed by atoms with Gasteiger partial charge in [0.05, 0.1) is 18.4 Å². The molecule has 2 aromatic carbocycles. The molecule has 38 heavy (non-hydrogen) atoms. The summed E-state index contributed by atoms with van der Waals surface area (Å²) in [5.74, 6) is -0.155. The summed E-state index contributed by atoms with van der Waals surface area (Å²) in [6, 6.07) is 12.7. The second-order valence-corrected chi connectivity index (χ2v) is 8.79. The molecule has 0 saturated carbocycles. The van der Waals surface area contributed by atoms with Crippen LogP contribution in [0.5, 0.6) is 5.75 Å². The number of pyridine rings is 1. The number of nitrogens with zero attached hydrogens (tertiary/aromatic N) is 2. The minimum Gasteiger partial charge on any atom is -0.496 e. The van der Waals surface area contributed by atoms with Gasteiger partial charge in [0.25, 0.3) is 5.91 Å². The zero-order chi connectivity index (χ0) is 27.2. The van der Waals surface area contributed by atoms with Crippen LogP contribution in [0.25, 0.3) is 33.3 Å². The van der Waals surface area contributed by atoms with Gasteiger partial charge in [-0.05, 0) is 47.7 Å². The van der Waals surface area contributed by atoms with Gasteiger partial charge < -0.3 is 25.7 Å². The lowest BCUT2D eigenvalue weighted by Crippen LogP contribution is -2.24. The number of nitrogens with one attached hydrogen (secondary N) is 2. The number of halogens is 1. The van der Waals surface area contributed by atoms with Gasteiger partial charge in [0, 0.05) is 55.1 Å². The molecular weight excluding hydrogens is 481 g/mol. The maximum absolute atomic E-state index is 15.6. The fourth-order valence-corrected chi connectivity index (χ4v) is 4.25. The third kappa shape index (κ3) is 5.29. The van der Waals surface area contributed by atoms with Crippen molar-refractivity contribution in [3.63, 3.8) is 0 Å². The Morgan fingerprint density at radius 1 is 1.21 bits per heavy atom. The number of aromatic nitrogens is 2. The number of carbonyl (C=O) groups excluding carboxylic acids is 1. The van der Waals surface area contributed by atoms with Gasteiger partial charge in [0.1, 0.15) is 17.2 Å². The van der Waals surface area contributed by atoms with Crippen molar-refractivity contribution >= 4 is 22.6 Å². The van der Waals surface area contributed by atoms with Crippen LogP contribution >= 0.6 is 0 Å². The minimum atomic E-state index is -0.554. The van der Waals surface area contributed by atoms with Crippen LogP contribution in [0.3, 0.4) is 0 Å². The van der Waals surface area contributed by atoms with Crippen LogP contribution in [-0.2, 0) is 0 Å². The molecule has 4 N–H and O–H groups in total. The number of benzene rings is 2. The molecule has 2 aromatic heterocycles. The molecule has 194 valence electrons. The molecule has 4 aromatic rings. The molecular formula is C30H30FN5O2. The Morgan fingerprint density at radius 3 is 2.71 bits per heavy atom. The minimum absolute atomic E-state index is 0.109. The molecule has 7 nitrogen and oxygen atoms in total. The number of methoxy groups -OCH3 is 1. The lowest BCUT2D eigenvalue weighted by molar-refractivity contribution is 0.0828. The Kier molecular flexibility index (Phi) is 7.91. The molecule has 0 saturated heterocycles. The molecule has 0 atom stereocenters. The fraction of sp³-hybridized carbons (Fsp3) is 0.133. The van der Waals surface area contributed by atoms with E-state index >= 15 is 4.39 Å². The van der Waals surface area contributed by atoms with E-state index in [0.29, 0.717) is 16.8 Å². The van der Waals surface area contributed by atoms with Gasteiger partial charge in [0.15, 0.2) is 0 Å². The number of H-pyrrole nitrogens is 1. The van der Waals surface area contributed by atoms with E-state index < -0.39 is 5.82 Å². The van der Waals surface area contributed by atoms with Gasteiger partial charge in [-0.2, -0.15) is 0 Å². The van der Waals surface area contributed by atoms with Crippen molar-refractivity contribution in [1.82, 2.24) is 14.9 Å². The third-order valence-corrected chi connectivity index (χ3v) is 6.10. The van der Waals surface area contributed by atoms with Gasteiger partial charge in [0.2, 0.25) is 0 Å². The number of rotatable bonds is 9. The highest BCUT2D eigenvalue weighted by Gasteiger charge is 2.20. The molecule has 1 amide bonds. The van der Waals surface area contributed by atoms with Crippen molar-refractivity contribution in [1.29, 1.82) is 0 Å². The molecule has 0 radical (unpaired) electrons. The van der Waals surface area contributed by atoms with Gasteiger partial charge in [-0.25, -0.2) is 9.37 Å². The van der Waals surface area contributed by atoms with E-state index in [9.17, 15) is 4.79 Å². The van der Waals surface area contributed by atoms with Crippen LogP contribution in [0, 0.1) is 5.82 Å². The first-order valence-corrected chi connectivity index (χ1v) is 12.0. The number of anilines is 1. The number of para-hydroxylation sites is 1. The van der Waals surface area contributed by atoms with E-state index in [-0.39, 0.29) is 23.7 Å². The number of allylic oxidation sites excluding steroid dienone is 2. The fourth-order valence-electron chi connectivity index (χ4n) is 4.25. The van der Waals surface area contributed by atoms with Gasteiger partial charge >= 0.3 is 0 Å². The first-order chi connectivity index (χ1) is 18.4. The molecule has 0 aliphatic heterocycles. The molecule has 0 spiro atoms. The molecule has 0 aliphatic carbocycles. The standard InChI is InChI=1S/C30H30FN5O2/c1-5-8-19(11-12-32)16-33-28-24(30(37)36(2)3)13-20(15-26(28)31)21-14-23-25(18-35-29(23)34-17-21)22-9-6-7-10-27(22)38-4/h5-15,17-18,33H,1,16,32H2,2-4H3,(H,34,35)/b12-11-,19-8+. The lowest BCUT2D eigenvalue weighted by atomic mass is 9.99. The summed E-state index contributed by atoms with van der Waals surface area (Å²) in [5.41, 5.74) is 10.3. The Hall–Kier alpha value is -4.85. The maximum Gasteiger partial charge on any atom is 0.255 e. The predicted molar refractivity (Wildman–Crippen MR) is 152 cm³/mol. The first kappa shape index (κ1) is 26.2. The summed E-state index contributed by atoms with van der Waals surface area (Å²) >= 11 is 0. The highest BCUT2D eigenvalue weighted by Crippen LogP contribution is 2.37. The van der Waals surface area contributed by atoms with Gasteiger partial charge in [-0.1, -0.05) is 36.9 Å². The van der Waals surface area contributed by atoms with Crippen LogP contribution in [0.4, 0.5) is 10.1 Å². The van der Waals surface area contributed by atoms with Crippen molar-refractivity contribution in [3.05, 3.63) is 103 Å². The normalized spacial score (nSPS) is 11.6. The van der Waals surface area contributed by atoms with Crippen LogP contribution < -0.4 is 15.8 Å². The number of ether oxygens (including phenoxy) is 1. The van der Waals surface area contributed by atoms with E-state index in [2.05, 4.69) is 21.9 Å². The van der Waals surface area contributed by atoms with Crippen LogP contribution in [0.1, 0.15) is 10.4 Å². The van der Waals surface area contributed by atoms with E-state index in [1.807, 2.05) is 36.5 Å². The highest BCUT2D eigenvalue weighted by atomic mass is 19.1. The Morgan fingerprint density at radius 2 is 2.00 bits per heavy atom.